The summed E-state index contributed by atoms with van der Waals surface area (Å²) >= 11 is 0. The third-order valence-corrected chi connectivity index (χ3v) is 5.00. The quantitative estimate of drug-likeness (QED) is 0.796. The summed E-state index contributed by atoms with van der Waals surface area (Å²) in [5, 5.41) is 2.82. The number of likely N-dealkylation sites (tertiary alicyclic amines) is 1. The molecule has 2 amide bonds. The SMILES string of the molecule is CN(c1ccccc1)c1ccc(C(=O)N2CCCC(C(=O)NCCN)C2)cn1. The average molecular weight is 381 g/mol. The van der Waals surface area contributed by atoms with Gasteiger partial charge in [-0.3, -0.25) is 9.59 Å². The molecule has 148 valence electrons. The molecule has 3 rings (SSSR count). The number of piperidine rings is 1. The summed E-state index contributed by atoms with van der Waals surface area (Å²) in [6.45, 7) is 1.96. The van der Waals surface area contributed by atoms with Crippen LogP contribution in [0.25, 0.3) is 0 Å². The first-order chi connectivity index (χ1) is 13.6. The Morgan fingerprint density at radius 2 is 2.04 bits per heavy atom. The second-order valence-electron chi connectivity index (χ2n) is 6.97. The Morgan fingerprint density at radius 1 is 1.25 bits per heavy atom. The minimum absolute atomic E-state index is 0.0269. The molecule has 0 radical (unpaired) electrons. The van der Waals surface area contributed by atoms with Crippen LogP contribution in [0.3, 0.4) is 0 Å². The fraction of sp³-hybridized carbons (Fsp3) is 0.381. The number of aromatic nitrogens is 1. The summed E-state index contributed by atoms with van der Waals surface area (Å²) in [6, 6.07) is 13.6. The summed E-state index contributed by atoms with van der Waals surface area (Å²) in [5.41, 5.74) is 7.00. The molecule has 1 aromatic carbocycles. The van der Waals surface area contributed by atoms with Crippen LogP contribution in [0.15, 0.2) is 48.7 Å². The van der Waals surface area contributed by atoms with Crippen molar-refractivity contribution in [1.29, 1.82) is 0 Å². The summed E-state index contributed by atoms with van der Waals surface area (Å²) in [6.07, 6.45) is 3.21. The van der Waals surface area contributed by atoms with E-state index in [1.165, 1.54) is 0 Å². The molecule has 0 spiro atoms. The van der Waals surface area contributed by atoms with Crippen molar-refractivity contribution < 1.29 is 9.59 Å². The molecule has 1 unspecified atom stereocenters. The highest BCUT2D eigenvalue weighted by Crippen LogP contribution is 2.22. The van der Waals surface area contributed by atoms with E-state index in [2.05, 4.69) is 10.3 Å². The number of amides is 2. The fourth-order valence-corrected chi connectivity index (χ4v) is 3.39. The van der Waals surface area contributed by atoms with Crippen molar-refractivity contribution in [2.45, 2.75) is 12.8 Å². The lowest BCUT2D eigenvalue weighted by Crippen LogP contribution is -2.46. The fourth-order valence-electron chi connectivity index (χ4n) is 3.39. The van der Waals surface area contributed by atoms with Gasteiger partial charge in [-0.15, -0.1) is 0 Å². The number of pyridine rings is 1. The maximum Gasteiger partial charge on any atom is 0.255 e. The molecular formula is C21H27N5O2. The number of anilines is 2. The standard InChI is InChI=1S/C21H27N5O2/c1-25(18-7-3-2-4-8-18)19-10-9-16(14-24-19)21(28)26-13-5-6-17(15-26)20(27)23-12-11-22/h2-4,7-10,14,17H,5-6,11-13,15,22H2,1H3,(H,23,27). The summed E-state index contributed by atoms with van der Waals surface area (Å²) in [4.78, 5) is 33.2. The molecule has 28 heavy (non-hydrogen) atoms. The number of nitrogens with zero attached hydrogens (tertiary/aromatic N) is 3. The van der Waals surface area contributed by atoms with E-state index < -0.39 is 0 Å². The highest BCUT2D eigenvalue weighted by Gasteiger charge is 2.28. The zero-order valence-electron chi connectivity index (χ0n) is 16.2. The molecule has 1 aliphatic rings. The predicted molar refractivity (Wildman–Crippen MR) is 109 cm³/mol. The van der Waals surface area contributed by atoms with Crippen molar-refractivity contribution >= 4 is 23.3 Å². The highest BCUT2D eigenvalue weighted by atomic mass is 16.2. The van der Waals surface area contributed by atoms with Crippen molar-refractivity contribution in [3.63, 3.8) is 0 Å². The van der Waals surface area contributed by atoms with Crippen LogP contribution in [0, 0.1) is 5.92 Å². The Morgan fingerprint density at radius 3 is 2.71 bits per heavy atom. The molecule has 1 fully saturated rings. The van der Waals surface area contributed by atoms with Gasteiger partial charge < -0.3 is 20.9 Å². The van der Waals surface area contributed by atoms with Gasteiger partial charge in [-0.1, -0.05) is 18.2 Å². The summed E-state index contributed by atoms with van der Waals surface area (Å²) in [7, 11) is 1.94. The number of nitrogens with two attached hydrogens (primary N) is 1. The predicted octanol–water partition coefficient (Wildman–Crippen LogP) is 1.78. The molecule has 2 aromatic rings. The maximum atomic E-state index is 12.9. The Kier molecular flexibility index (Phi) is 6.60. The first-order valence-electron chi connectivity index (χ1n) is 9.62. The lowest BCUT2D eigenvalue weighted by molar-refractivity contribution is -0.126. The van der Waals surface area contributed by atoms with E-state index in [0.717, 1.165) is 24.3 Å². The largest absolute Gasteiger partial charge is 0.355 e. The Balaban J connectivity index is 1.65. The molecule has 7 heteroatoms. The van der Waals surface area contributed by atoms with E-state index in [4.69, 9.17) is 5.73 Å². The van der Waals surface area contributed by atoms with Crippen molar-refractivity contribution in [2.75, 3.05) is 38.1 Å². The van der Waals surface area contributed by atoms with Gasteiger partial charge in [0, 0.05) is 45.1 Å². The van der Waals surface area contributed by atoms with Crippen molar-refractivity contribution in [3.8, 4) is 0 Å². The second-order valence-corrected chi connectivity index (χ2v) is 6.97. The van der Waals surface area contributed by atoms with Crippen LogP contribution in [0.2, 0.25) is 0 Å². The third kappa shape index (κ3) is 4.67. The lowest BCUT2D eigenvalue weighted by Gasteiger charge is -2.32. The van der Waals surface area contributed by atoms with Crippen LogP contribution in [0.4, 0.5) is 11.5 Å². The van der Waals surface area contributed by atoms with Crippen LogP contribution in [-0.4, -0.2) is 54.9 Å². The smallest absolute Gasteiger partial charge is 0.255 e. The highest BCUT2D eigenvalue weighted by molar-refractivity contribution is 5.94. The normalized spacial score (nSPS) is 16.5. The molecular weight excluding hydrogens is 354 g/mol. The van der Waals surface area contributed by atoms with Gasteiger partial charge in [0.05, 0.1) is 11.5 Å². The number of para-hydroxylation sites is 1. The van der Waals surface area contributed by atoms with Gasteiger partial charge in [0.25, 0.3) is 5.91 Å². The molecule has 1 atom stereocenters. The number of carbonyl (C=O) groups excluding carboxylic acids is 2. The minimum Gasteiger partial charge on any atom is -0.355 e. The van der Waals surface area contributed by atoms with Crippen molar-refractivity contribution in [3.05, 3.63) is 54.2 Å². The summed E-state index contributed by atoms with van der Waals surface area (Å²) < 4.78 is 0. The molecule has 1 saturated heterocycles. The third-order valence-electron chi connectivity index (χ3n) is 5.00. The van der Waals surface area contributed by atoms with Crippen LogP contribution in [-0.2, 0) is 4.79 Å². The van der Waals surface area contributed by atoms with E-state index in [1.54, 1.807) is 17.2 Å². The second kappa shape index (κ2) is 9.32. The average Bonchev–Trinajstić information content (AvgIpc) is 2.77. The topological polar surface area (TPSA) is 91.6 Å². The van der Waals surface area contributed by atoms with E-state index in [1.807, 2.05) is 48.3 Å². The van der Waals surface area contributed by atoms with E-state index in [-0.39, 0.29) is 17.7 Å². The van der Waals surface area contributed by atoms with E-state index in [9.17, 15) is 9.59 Å². The minimum atomic E-state index is -0.180. The monoisotopic (exact) mass is 381 g/mol. The first kappa shape index (κ1) is 19.8. The number of carbonyl (C=O) groups is 2. The van der Waals surface area contributed by atoms with Crippen LogP contribution in [0.5, 0.6) is 0 Å². The molecule has 0 bridgehead atoms. The number of nitrogens with one attached hydrogen (secondary N) is 1. The zero-order chi connectivity index (χ0) is 19.9. The molecule has 1 aromatic heterocycles. The van der Waals surface area contributed by atoms with Gasteiger partial charge in [0.15, 0.2) is 0 Å². The van der Waals surface area contributed by atoms with Gasteiger partial charge in [0.1, 0.15) is 5.82 Å². The molecule has 1 aliphatic heterocycles. The van der Waals surface area contributed by atoms with E-state index >= 15 is 0 Å². The number of rotatable bonds is 6. The first-order valence-corrected chi connectivity index (χ1v) is 9.62. The number of hydrogen-bond donors (Lipinski definition) is 2. The zero-order valence-corrected chi connectivity index (χ0v) is 16.2. The van der Waals surface area contributed by atoms with Crippen LogP contribution >= 0.6 is 0 Å². The Hall–Kier alpha value is -2.93. The van der Waals surface area contributed by atoms with Crippen LogP contribution < -0.4 is 16.0 Å². The van der Waals surface area contributed by atoms with Crippen molar-refractivity contribution in [1.82, 2.24) is 15.2 Å². The number of hydrogen-bond acceptors (Lipinski definition) is 5. The Bertz CT molecular complexity index is 794. The lowest BCUT2D eigenvalue weighted by atomic mass is 9.96. The van der Waals surface area contributed by atoms with Gasteiger partial charge in [-0.25, -0.2) is 4.98 Å². The van der Waals surface area contributed by atoms with Gasteiger partial charge in [-0.05, 0) is 37.1 Å². The Labute approximate surface area is 165 Å². The van der Waals surface area contributed by atoms with Crippen molar-refractivity contribution in [2.24, 2.45) is 11.7 Å². The van der Waals surface area contributed by atoms with Gasteiger partial charge >= 0.3 is 0 Å². The van der Waals surface area contributed by atoms with Crippen LogP contribution in [0.1, 0.15) is 23.2 Å². The molecule has 2 heterocycles. The molecule has 3 N–H and O–H groups in total. The summed E-state index contributed by atoms with van der Waals surface area (Å²) in [5.74, 6) is 0.472. The molecule has 0 saturated carbocycles. The van der Waals surface area contributed by atoms with E-state index in [0.29, 0.717) is 31.7 Å². The van der Waals surface area contributed by atoms with Gasteiger partial charge in [0.2, 0.25) is 5.91 Å². The molecule has 7 nitrogen and oxygen atoms in total. The number of benzene rings is 1. The van der Waals surface area contributed by atoms with Gasteiger partial charge in [-0.2, -0.15) is 0 Å². The molecule has 0 aliphatic carbocycles. The maximum absolute atomic E-state index is 12.9.